The highest BCUT2D eigenvalue weighted by atomic mass is 16.2. The van der Waals surface area contributed by atoms with Crippen LogP contribution < -0.4 is 5.32 Å². The number of nitrogens with one attached hydrogen (secondary N) is 1. The van der Waals surface area contributed by atoms with Crippen molar-refractivity contribution in [2.45, 2.75) is 41.5 Å². The molecule has 3 nitrogen and oxygen atoms in total. The molecule has 88 valence electrons. The predicted molar refractivity (Wildman–Crippen MR) is 61.5 cm³/mol. The molecule has 0 radical (unpaired) electrons. The van der Waals surface area contributed by atoms with Crippen LogP contribution in [0.3, 0.4) is 0 Å². The third-order valence-electron chi connectivity index (χ3n) is 2.39. The van der Waals surface area contributed by atoms with Gasteiger partial charge < -0.3 is 5.32 Å². The van der Waals surface area contributed by atoms with Crippen molar-refractivity contribution in [3.8, 4) is 0 Å². The van der Waals surface area contributed by atoms with E-state index in [9.17, 15) is 9.59 Å². The molecular weight excluding hydrogens is 190 g/mol. The Bertz CT molecular complexity index is 238. The summed E-state index contributed by atoms with van der Waals surface area (Å²) in [6.07, 6.45) is 0. The van der Waals surface area contributed by atoms with Crippen LogP contribution in [0.1, 0.15) is 41.5 Å². The third-order valence-corrected chi connectivity index (χ3v) is 2.39. The van der Waals surface area contributed by atoms with Crippen molar-refractivity contribution in [1.82, 2.24) is 5.32 Å². The standard InChI is InChI=1S/C12H23NO2/c1-8(2)10(12(4,5)6)11(15)13-7-9(3)14/h8,10H,7H2,1-6H3,(H,13,15). The van der Waals surface area contributed by atoms with Crippen LogP contribution in [0.15, 0.2) is 0 Å². The molecule has 0 aromatic heterocycles. The van der Waals surface area contributed by atoms with Crippen LogP contribution in [-0.2, 0) is 9.59 Å². The fourth-order valence-electron chi connectivity index (χ4n) is 2.02. The van der Waals surface area contributed by atoms with Crippen molar-refractivity contribution in [3.63, 3.8) is 0 Å². The molecule has 0 fully saturated rings. The molecule has 0 aliphatic heterocycles. The summed E-state index contributed by atoms with van der Waals surface area (Å²) in [7, 11) is 0. The number of rotatable bonds is 4. The average Bonchev–Trinajstić information content (AvgIpc) is 1.96. The Labute approximate surface area is 92.6 Å². The molecule has 0 bridgehead atoms. The van der Waals surface area contributed by atoms with Crippen LogP contribution >= 0.6 is 0 Å². The molecular formula is C12H23NO2. The Kier molecular flexibility index (Phi) is 4.98. The van der Waals surface area contributed by atoms with E-state index in [1.165, 1.54) is 6.92 Å². The average molecular weight is 213 g/mol. The minimum atomic E-state index is -0.0744. The monoisotopic (exact) mass is 213 g/mol. The molecule has 0 saturated heterocycles. The largest absolute Gasteiger partial charge is 0.349 e. The topological polar surface area (TPSA) is 46.2 Å². The zero-order chi connectivity index (χ0) is 12.2. The summed E-state index contributed by atoms with van der Waals surface area (Å²) in [4.78, 5) is 22.6. The normalized spacial score (nSPS) is 13.8. The number of carbonyl (C=O) groups excluding carboxylic acids is 2. The van der Waals surface area contributed by atoms with Crippen molar-refractivity contribution in [3.05, 3.63) is 0 Å². The van der Waals surface area contributed by atoms with E-state index in [2.05, 4.69) is 5.32 Å². The summed E-state index contributed by atoms with van der Waals surface area (Å²) in [5.74, 6) is 0.182. The van der Waals surface area contributed by atoms with E-state index in [1.807, 2.05) is 34.6 Å². The fourth-order valence-corrected chi connectivity index (χ4v) is 2.02. The van der Waals surface area contributed by atoms with Gasteiger partial charge in [-0.1, -0.05) is 34.6 Å². The quantitative estimate of drug-likeness (QED) is 0.776. The highest BCUT2D eigenvalue weighted by molar-refractivity contribution is 5.86. The Hall–Kier alpha value is -0.860. The lowest BCUT2D eigenvalue weighted by Gasteiger charge is -2.32. The van der Waals surface area contributed by atoms with E-state index in [1.54, 1.807) is 0 Å². The van der Waals surface area contributed by atoms with Crippen LogP contribution in [0.4, 0.5) is 0 Å². The summed E-state index contributed by atoms with van der Waals surface area (Å²) in [6.45, 7) is 11.8. The Balaban J connectivity index is 4.51. The Morgan fingerprint density at radius 3 is 1.93 bits per heavy atom. The molecule has 0 aliphatic carbocycles. The number of amides is 1. The first kappa shape index (κ1) is 14.1. The van der Waals surface area contributed by atoms with Gasteiger partial charge in [0.25, 0.3) is 0 Å². The van der Waals surface area contributed by atoms with Gasteiger partial charge in [-0.25, -0.2) is 0 Å². The van der Waals surface area contributed by atoms with Crippen LogP contribution in [0, 0.1) is 17.3 Å². The van der Waals surface area contributed by atoms with Gasteiger partial charge in [0.1, 0.15) is 5.78 Å². The van der Waals surface area contributed by atoms with E-state index in [-0.39, 0.29) is 35.5 Å². The van der Waals surface area contributed by atoms with Gasteiger partial charge in [0, 0.05) is 5.92 Å². The van der Waals surface area contributed by atoms with Crippen molar-refractivity contribution >= 4 is 11.7 Å². The highest BCUT2D eigenvalue weighted by Gasteiger charge is 2.33. The molecule has 0 rings (SSSR count). The molecule has 0 aromatic rings. The van der Waals surface area contributed by atoms with Gasteiger partial charge in [-0.05, 0) is 18.3 Å². The second-order valence-electron chi connectivity index (χ2n) is 5.51. The zero-order valence-corrected chi connectivity index (χ0v) is 10.7. The minimum Gasteiger partial charge on any atom is -0.349 e. The van der Waals surface area contributed by atoms with E-state index in [0.717, 1.165) is 0 Å². The molecule has 15 heavy (non-hydrogen) atoms. The van der Waals surface area contributed by atoms with Crippen molar-refractivity contribution in [2.24, 2.45) is 17.3 Å². The maximum Gasteiger partial charge on any atom is 0.224 e. The SMILES string of the molecule is CC(=O)CNC(=O)C(C(C)C)C(C)(C)C. The zero-order valence-electron chi connectivity index (χ0n) is 10.7. The molecule has 1 unspecified atom stereocenters. The highest BCUT2D eigenvalue weighted by Crippen LogP contribution is 2.31. The first-order valence-electron chi connectivity index (χ1n) is 5.43. The summed E-state index contributed by atoms with van der Waals surface area (Å²) in [6, 6.07) is 0. The molecule has 1 amide bonds. The summed E-state index contributed by atoms with van der Waals surface area (Å²) < 4.78 is 0. The molecule has 0 aromatic carbocycles. The van der Waals surface area contributed by atoms with Gasteiger partial charge in [-0.3, -0.25) is 9.59 Å². The summed E-state index contributed by atoms with van der Waals surface area (Å²) in [5, 5.41) is 2.68. The summed E-state index contributed by atoms with van der Waals surface area (Å²) >= 11 is 0. The molecule has 0 spiro atoms. The van der Waals surface area contributed by atoms with Gasteiger partial charge in [0.2, 0.25) is 5.91 Å². The van der Waals surface area contributed by atoms with Crippen LogP contribution in [-0.4, -0.2) is 18.2 Å². The molecule has 0 aliphatic rings. The number of hydrogen-bond donors (Lipinski definition) is 1. The maximum atomic E-state index is 11.9. The van der Waals surface area contributed by atoms with Gasteiger partial charge in [-0.15, -0.1) is 0 Å². The van der Waals surface area contributed by atoms with Crippen molar-refractivity contribution in [2.75, 3.05) is 6.54 Å². The second kappa shape index (κ2) is 5.29. The molecule has 1 atom stereocenters. The number of Topliss-reactive ketones (excluding diaryl/α,β-unsaturated/α-hetero) is 1. The van der Waals surface area contributed by atoms with Crippen molar-refractivity contribution in [1.29, 1.82) is 0 Å². The van der Waals surface area contributed by atoms with Crippen LogP contribution in [0.5, 0.6) is 0 Å². The molecule has 0 heterocycles. The first-order chi connectivity index (χ1) is 6.66. The van der Waals surface area contributed by atoms with Crippen LogP contribution in [0.2, 0.25) is 0 Å². The first-order valence-corrected chi connectivity index (χ1v) is 5.43. The lowest BCUT2D eigenvalue weighted by Crippen LogP contribution is -2.42. The smallest absolute Gasteiger partial charge is 0.224 e. The van der Waals surface area contributed by atoms with Crippen molar-refractivity contribution < 1.29 is 9.59 Å². The van der Waals surface area contributed by atoms with Gasteiger partial charge in [0.15, 0.2) is 0 Å². The maximum absolute atomic E-state index is 11.9. The number of carbonyl (C=O) groups is 2. The number of ketones is 1. The predicted octanol–water partition coefficient (Wildman–Crippen LogP) is 2.01. The Morgan fingerprint density at radius 2 is 1.67 bits per heavy atom. The van der Waals surface area contributed by atoms with E-state index in [0.29, 0.717) is 0 Å². The van der Waals surface area contributed by atoms with Gasteiger partial charge in [0.05, 0.1) is 6.54 Å². The van der Waals surface area contributed by atoms with E-state index in [4.69, 9.17) is 0 Å². The third kappa shape index (κ3) is 4.96. The Morgan fingerprint density at radius 1 is 1.20 bits per heavy atom. The van der Waals surface area contributed by atoms with E-state index < -0.39 is 0 Å². The van der Waals surface area contributed by atoms with E-state index >= 15 is 0 Å². The lowest BCUT2D eigenvalue weighted by molar-refractivity contribution is -0.131. The lowest BCUT2D eigenvalue weighted by atomic mass is 9.74. The van der Waals surface area contributed by atoms with Crippen LogP contribution in [0.25, 0.3) is 0 Å². The number of hydrogen-bond acceptors (Lipinski definition) is 2. The fraction of sp³-hybridized carbons (Fsp3) is 0.833. The minimum absolute atomic E-state index is 0.0141. The molecule has 0 saturated carbocycles. The van der Waals surface area contributed by atoms with Gasteiger partial charge >= 0.3 is 0 Å². The second-order valence-corrected chi connectivity index (χ2v) is 5.51. The molecule has 3 heteroatoms. The molecule has 1 N–H and O–H groups in total. The summed E-state index contributed by atoms with van der Waals surface area (Å²) in [5.41, 5.74) is -0.0744. The van der Waals surface area contributed by atoms with Gasteiger partial charge in [-0.2, -0.15) is 0 Å².